The highest BCUT2D eigenvalue weighted by Gasteiger charge is 2.37. The third-order valence-corrected chi connectivity index (χ3v) is 8.24. The number of carbonyl (C=O) groups is 3. The molecule has 3 fully saturated rings. The number of nitrogens with one attached hydrogen (secondary N) is 2. The van der Waals surface area contributed by atoms with Crippen LogP contribution in [0.2, 0.25) is 0 Å². The summed E-state index contributed by atoms with van der Waals surface area (Å²) in [6.07, 6.45) is 7.36. The number of hydrogen-bond acceptors (Lipinski definition) is 6. The molecule has 3 rings (SSSR count). The van der Waals surface area contributed by atoms with Gasteiger partial charge in [0.15, 0.2) is 5.17 Å². The molecule has 0 aromatic heterocycles. The standard InChI is InChI=1S/C22H36N4O4S.ClH/c1-22(2)14-31-21(26(22)3)25-24-20(29)18(27)17(15-10-12-30-13-11-15)23-19(28)16-8-6-4-5-7-9-16;/h15-17H,4-14H2,1-3H3,(H,23,28)(H,24,29);1H. The summed E-state index contributed by atoms with van der Waals surface area (Å²) in [6.45, 7) is 5.27. The minimum atomic E-state index is -0.828. The number of amidine groups is 1. The number of amides is 2. The molecule has 0 spiro atoms. The first-order valence-electron chi connectivity index (χ1n) is 11.5. The number of halogens is 1. The van der Waals surface area contributed by atoms with Gasteiger partial charge in [-0.3, -0.25) is 14.4 Å². The van der Waals surface area contributed by atoms with Gasteiger partial charge in [0.2, 0.25) is 11.7 Å². The maximum atomic E-state index is 13.1. The summed E-state index contributed by atoms with van der Waals surface area (Å²) in [7, 11) is 1.92. The number of carbonyl (C=O) groups excluding carboxylic acids is 3. The maximum absolute atomic E-state index is 13.1. The molecular formula is C22H37ClN4O4S. The fourth-order valence-corrected chi connectivity index (χ4v) is 5.58. The highest BCUT2D eigenvalue weighted by atomic mass is 35.5. The Morgan fingerprint density at radius 2 is 1.72 bits per heavy atom. The predicted molar refractivity (Wildman–Crippen MR) is 129 cm³/mol. The number of rotatable bonds is 6. The van der Waals surface area contributed by atoms with Gasteiger partial charge in [-0.1, -0.05) is 37.4 Å². The van der Waals surface area contributed by atoms with Crippen LogP contribution in [0.15, 0.2) is 5.10 Å². The van der Waals surface area contributed by atoms with Gasteiger partial charge < -0.3 is 15.0 Å². The van der Waals surface area contributed by atoms with E-state index in [1.165, 1.54) is 0 Å². The Labute approximate surface area is 201 Å². The Morgan fingerprint density at radius 3 is 2.28 bits per heavy atom. The van der Waals surface area contributed by atoms with Crippen molar-refractivity contribution in [3.8, 4) is 0 Å². The molecule has 0 aromatic carbocycles. The van der Waals surface area contributed by atoms with Crippen LogP contribution in [0.25, 0.3) is 0 Å². The number of hydrogen-bond donors (Lipinski definition) is 2. The van der Waals surface area contributed by atoms with Crippen molar-refractivity contribution >= 4 is 46.9 Å². The van der Waals surface area contributed by atoms with Gasteiger partial charge in [0.1, 0.15) is 6.04 Å². The molecule has 1 saturated carbocycles. The van der Waals surface area contributed by atoms with E-state index >= 15 is 0 Å². The lowest BCUT2D eigenvalue weighted by atomic mass is 9.87. The Balaban J connectivity index is 0.00000363. The first-order chi connectivity index (χ1) is 14.8. The van der Waals surface area contributed by atoms with Gasteiger partial charge in [0.25, 0.3) is 0 Å². The highest BCUT2D eigenvalue weighted by Crippen LogP contribution is 2.30. The van der Waals surface area contributed by atoms with Gasteiger partial charge in [0, 0.05) is 37.5 Å². The zero-order valence-corrected chi connectivity index (χ0v) is 21.0. The molecule has 1 atom stereocenters. The van der Waals surface area contributed by atoms with Crippen molar-refractivity contribution in [1.82, 2.24) is 15.6 Å². The van der Waals surface area contributed by atoms with Gasteiger partial charge in [-0.25, -0.2) is 5.43 Å². The summed E-state index contributed by atoms with van der Waals surface area (Å²) in [5.41, 5.74) is 2.37. The second-order valence-corrected chi connectivity index (χ2v) is 10.4. The molecule has 1 aliphatic carbocycles. The lowest BCUT2D eigenvalue weighted by Crippen LogP contribution is -2.53. The number of ketones is 1. The van der Waals surface area contributed by atoms with Gasteiger partial charge in [0.05, 0.1) is 0 Å². The monoisotopic (exact) mass is 488 g/mol. The van der Waals surface area contributed by atoms with E-state index in [1.807, 2.05) is 11.9 Å². The van der Waals surface area contributed by atoms with E-state index in [4.69, 9.17) is 4.74 Å². The van der Waals surface area contributed by atoms with Gasteiger partial charge in [-0.2, -0.15) is 0 Å². The average molecular weight is 489 g/mol. The predicted octanol–water partition coefficient (Wildman–Crippen LogP) is 2.70. The quantitative estimate of drug-likeness (QED) is 0.339. The van der Waals surface area contributed by atoms with Crippen molar-refractivity contribution in [2.45, 2.75) is 76.8 Å². The number of Topliss-reactive ketones (excluding diaryl/α,β-unsaturated/α-hetero) is 1. The van der Waals surface area contributed by atoms with E-state index in [2.05, 4.69) is 29.7 Å². The first-order valence-corrected chi connectivity index (χ1v) is 12.4. The van der Waals surface area contributed by atoms with Crippen LogP contribution in [-0.4, -0.2) is 65.3 Å². The van der Waals surface area contributed by atoms with E-state index in [-0.39, 0.29) is 35.7 Å². The molecule has 2 amide bonds. The molecule has 2 heterocycles. The van der Waals surface area contributed by atoms with Crippen molar-refractivity contribution in [3.63, 3.8) is 0 Å². The van der Waals surface area contributed by atoms with Crippen LogP contribution in [0.4, 0.5) is 0 Å². The van der Waals surface area contributed by atoms with Crippen molar-refractivity contribution in [1.29, 1.82) is 0 Å². The zero-order valence-electron chi connectivity index (χ0n) is 19.4. The van der Waals surface area contributed by atoms with E-state index in [9.17, 15) is 14.4 Å². The summed E-state index contributed by atoms with van der Waals surface area (Å²) >= 11 is 1.54. The van der Waals surface area contributed by atoms with Gasteiger partial charge in [-0.15, -0.1) is 17.5 Å². The molecule has 2 aliphatic heterocycles. The van der Waals surface area contributed by atoms with Crippen molar-refractivity contribution in [2.75, 3.05) is 26.0 Å². The Kier molecular flexibility index (Phi) is 10.3. The molecule has 0 bridgehead atoms. The lowest BCUT2D eigenvalue weighted by Gasteiger charge is -2.30. The highest BCUT2D eigenvalue weighted by molar-refractivity contribution is 8.14. The molecular weight excluding hydrogens is 452 g/mol. The largest absolute Gasteiger partial charge is 0.381 e. The SMILES string of the molecule is CN1C(=NNC(=O)C(=O)C(NC(=O)C2CCCCCC2)C2CCOCC2)SCC1(C)C.Cl. The minimum absolute atomic E-state index is 0. The zero-order chi connectivity index (χ0) is 22.4. The minimum Gasteiger partial charge on any atom is -0.381 e. The molecule has 0 aromatic rings. The summed E-state index contributed by atoms with van der Waals surface area (Å²) in [5, 5.41) is 7.80. The Hall–Kier alpha value is -1.32. The molecule has 1 unspecified atom stereocenters. The van der Waals surface area contributed by atoms with Crippen LogP contribution in [0.1, 0.15) is 65.2 Å². The maximum Gasteiger partial charge on any atom is 0.309 e. The van der Waals surface area contributed by atoms with E-state index in [1.54, 1.807) is 11.8 Å². The molecule has 8 nitrogen and oxygen atoms in total. The Bertz CT molecular complexity index is 704. The van der Waals surface area contributed by atoms with Crippen molar-refractivity contribution in [3.05, 3.63) is 0 Å². The summed E-state index contributed by atoms with van der Waals surface area (Å²) in [5.74, 6) is -0.817. The van der Waals surface area contributed by atoms with Crippen LogP contribution >= 0.6 is 24.2 Å². The number of ether oxygens (including phenoxy) is 1. The van der Waals surface area contributed by atoms with Crippen LogP contribution in [-0.2, 0) is 19.1 Å². The van der Waals surface area contributed by atoms with Crippen LogP contribution < -0.4 is 10.7 Å². The van der Waals surface area contributed by atoms with Crippen LogP contribution in [0.3, 0.4) is 0 Å². The van der Waals surface area contributed by atoms with Crippen LogP contribution in [0.5, 0.6) is 0 Å². The van der Waals surface area contributed by atoms with Crippen molar-refractivity contribution < 1.29 is 19.1 Å². The Morgan fingerprint density at radius 1 is 1.09 bits per heavy atom. The number of thioether (sulfide) groups is 1. The summed E-state index contributed by atoms with van der Waals surface area (Å²) in [4.78, 5) is 40.7. The van der Waals surface area contributed by atoms with E-state index < -0.39 is 17.7 Å². The fraction of sp³-hybridized carbons (Fsp3) is 0.818. The van der Waals surface area contributed by atoms with E-state index in [0.717, 1.165) is 44.3 Å². The second kappa shape index (κ2) is 12.2. The molecule has 3 aliphatic rings. The lowest BCUT2D eigenvalue weighted by molar-refractivity contribution is -0.142. The smallest absolute Gasteiger partial charge is 0.309 e. The van der Waals surface area contributed by atoms with Crippen LogP contribution in [0, 0.1) is 11.8 Å². The average Bonchev–Trinajstić information content (AvgIpc) is 2.96. The second-order valence-electron chi connectivity index (χ2n) is 9.48. The summed E-state index contributed by atoms with van der Waals surface area (Å²) in [6, 6.07) is -0.828. The molecule has 2 saturated heterocycles. The van der Waals surface area contributed by atoms with E-state index in [0.29, 0.717) is 31.2 Å². The van der Waals surface area contributed by atoms with Gasteiger partial charge >= 0.3 is 5.91 Å². The number of hydrazone groups is 1. The molecule has 0 radical (unpaired) electrons. The molecule has 32 heavy (non-hydrogen) atoms. The molecule has 182 valence electrons. The first kappa shape index (κ1) is 26.9. The topological polar surface area (TPSA) is 100 Å². The molecule has 2 N–H and O–H groups in total. The number of nitrogens with zero attached hydrogens (tertiary/aromatic N) is 2. The molecule has 10 heteroatoms. The van der Waals surface area contributed by atoms with Gasteiger partial charge in [-0.05, 0) is 45.4 Å². The fourth-order valence-electron chi connectivity index (χ4n) is 4.36. The third-order valence-electron chi connectivity index (χ3n) is 6.77. The third kappa shape index (κ3) is 6.84. The normalized spacial score (nSPS) is 24.3. The summed E-state index contributed by atoms with van der Waals surface area (Å²) < 4.78 is 5.42. The van der Waals surface area contributed by atoms with Crippen molar-refractivity contribution in [2.24, 2.45) is 16.9 Å².